The molecule has 2 spiro atoms. The lowest BCUT2D eigenvalue weighted by molar-refractivity contribution is 0.722. The van der Waals surface area contributed by atoms with Gasteiger partial charge >= 0.3 is 0 Å². The maximum atomic E-state index is 2.53. The van der Waals surface area contributed by atoms with Gasteiger partial charge in [-0.1, -0.05) is 206 Å². The van der Waals surface area contributed by atoms with E-state index in [0.717, 1.165) is 17.1 Å². The Morgan fingerprint density at radius 1 is 0.278 bits per heavy atom. The Balaban J connectivity index is 0.939. The molecule has 1 nitrogen and oxygen atoms in total. The zero-order valence-corrected chi connectivity index (χ0v) is 41.3. The quantitative estimate of drug-likeness (QED) is 0.173. The first-order valence-electron chi connectivity index (χ1n) is 24.7. The molecule has 0 fully saturated rings. The van der Waals surface area contributed by atoms with Crippen molar-refractivity contribution in [2.45, 2.75) is 30.4 Å². The molecule has 16 rings (SSSR count). The third-order valence-corrected chi connectivity index (χ3v) is 19.5. The summed E-state index contributed by atoms with van der Waals surface area (Å²) in [4.78, 5) is 7.76. The van der Waals surface area contributed by atoms with Crippen molar-refractivity contribution >= 4 is 72.1 Å². The number of hydrogen-bond acceptors (Lipinski definition) is 4. The van der Waals surface area contributed by atoms with E-state index in [-0.39, 0.29) is 0 Å². The number of thiophene rings is 1. The third-order valence-electron chi connectivity index (χ3n) is 16.0. The van der Waals surface area contributed by atoms with E-state index in [0.29, 0.717) is 0 Å². The summed E-state index contributed by atoms with van der Waals surface area (Å²) in [6.07, 6.45) is 0. The van der Waals surface area contributed by atoms with Crippen molar-refractivity contribution < 1.29 is 0 Å². The van der Waals surface area contributed by atoms with Crippen LogP contribution in [0.3, 0.4) is 0 Å². The molecular formula is C68H41NS3. The number of hydrogen-bond donors (Lipinski definition) is 0. The molecule has 4 aliphatic rings. The number of nitrogens with zero attached hydrogens (tertiary/aromatic N) is 1. The Labute approximate surface area is 431 Å². The van der Waals surface area contributed by atoms with E-state index < -0.39 is 10.8 Å². The molecule has 0 bridgehead atoms. The van der Waals surface area contributed by atoms with Crippen LogP contribution in [0.15, 0.2) is 268 Å². The summed E-state index contributed by atoms with van der Waals surface area (Å²) >= 11 is 5.67. The summed E-state index contributed by atoms with van der Waals surface area (Å²) < 4.78 is 2.65. The van der Waals surface area contributed by atoms with E-state index in [1.807, 2.05) is 34.9 Å². The van der Waals surface area contributed by atoms with Crippen molar-refractivity contribution in [1.82, 2.24) is 0 Å². The highest BCUT2D eigenvalue weighted by Gasteiger charge is 2.52. The van der Waals surface area contributed by atoms with Crippen molar-refractivity contribution in [3.63, 3.8) is 0 Å². The van der Waals surface area contributed by atoms with Gasteiger partial charge in [0.05, 0.1) is 10.8 Å². The van der Waals surface area contributed by atoms with E-state index in [2.05, 4.69) is 254 Å². The fourth-order valence-corrected chi connectivity index (χ4v) is 16.8. The van der Waals surface area contributed by atoms with Gasteiger partial charge in [-0.15, -0.1) is 11.3 Å². The summed E-state index contributed by atoms with van der Waals surface area (Å²) in [6, 6.07) is 94.2. The van der Waals surface area contributed by atoms with Crippen LogP contribution in [0.2, 0.25) is 0 Å². The molecule has 0 atom stereocenters. The Kier molecular flexibility index (Phi) is 8.69. The molecule has 0 saturated heterocycles. The molecule has 336 valence electrons. The predicted molar refractivity (Wildman–Crippen MR) is 302 cm³/mol. The molecule has 12 aromatic rings. The molecule has 0 unspecified atom stereocenters. The summed E-state index contributed by atoms with van der Waals surface area (Å²) in [6.45, 7) is 0. The van der Waals surface area contributed by atoms with E-state index in [1.165, 1.54) is 118 Å². The highest BCUT2D eigenvalue weighted by atomic mass is 32.2. The van der Waals surface area contributed by atoms with Crippen molar-refractivity contribution in [2.75, 3.05) is 4.90 Å². The first kappa shape index (κ1) is 40.8. The average Bonchev–Trinajstić information content (AvgIpc) is 4.07. The van der Waals surface area contributed by atoms with Gasteiger partial charge in [0, 0.05) is 56.8 Å². The molecule has 3 heterocycles. The zero-order valence-electron chi connectivity index (χ0n) is 38.8. The molecule has 0 saturated carbocycles. The van der Waals surface area contributed by atoms with Crippen molar-refractivity contribution in [3.05, 3.63) is 293 Å². The van der Waals surface area contributed by atoms with E-state index in [4.69, 9.17) is 0 Å². The minimum atomic E-state index is -0.498. The standard InChI is InChI=1S/C68H41NS3/c1-4-21-53-47(16-1)49-38-36-45(41-60(49)68(53)58-25-8-13-30-64(58)71-65-31-14-9-26-59(65)68)69(43-34-32-42(33-35-43)46-19-15-20-51-50-18-3-10-27-61(50)72-66(46)51)44-37-39-55-52(40-44)48-17-2-5-22-54(48)67(55)56-23-6-11-28-62(56)70-63-29-12-7-24-57(63)67/h1-41H. The summed E-state index contributed by atoms with van der Waals surface area (Å²) in [7, 11) is 0. The van der Waals surface area contributed by atoms with E-state index in [1.54, 1.807) is 0 Å². The fourth-order valence-electron chi connectivity index (χ4n) is 13.2. The van der Waals surface area contributed by atoms with Gasteiger partial charge in [-0.2, -0.15) is 0 Å². The number of fused-ring (bicyclic) bond motifs is 21. The Morgan fingerprint density at radius 3 is 1.33 bits per heavy atom. The van der Waals surface area contributed by atoms with Crippen LogP contribution in [0, 0.1) is 0 Å². The van der Waals surface area contributed by atoms with Crippen molar-refractivity contribution in [3.8, 4) is 33.4 Å². The van der Waals surface area contributed by atoms with Crippen LogP contribution in [-0.2, 0) is 10.8 Å². The molecule has 4 heteroatoms. The van der Waals surface area contributed by atoms with Crippen LogP contribution in [0.4, 0.5) is 17.1 Å². The van der Waals surface area contributed by atoms with Gasteiger partial charge in [0.15, 0.2) is 0 Å². The van der Waals surface area contributed by atoms with Gasteiger partial charge in [0.2, 0.25) is 0 Å². The topological polar surface area (TPSA) is 3.24 Å². The molecule has 1 aromatic heterocycles. The molecule has 11 aromatic carbocycles. The Bertz CT molecular complexity index is 4170. The Morgan fingerprint density at radius 2 is 0.708 bits per heavy atom. The average molecular weight is 968 g/mol. The highest BCUT2D eigenvalue weighted by molar-refractivity contribution is 7.99. The lowest BCUT2D eigenvalue weighted by Gasteiger charge is -2.40. The maximum absolute atomic E-state index is 2.53. The maximum Gasteiger partial charge on any atom is 0.0736 e. The van der Waals surface area contributed by atoms with Gasteiger partial charge in [0.1, 0.15) is 0 Å². The van der Waals surface area contributed by atoms with Crippen LogP contribution in [0.1, 0.15) is 44.5 Å². The fraction of sp³-hybridized carbons (Fsp3) is 0.0294. The largest absolute Gasteiger partial charge is 0.310 e. The van der Waals surface area contributed by atoms with Crippen LogP contribution >= 0.6 is 34.9 Å². The molecule has 72 heavy (non-hydrogen) atoms. The summed E-state index contributed by atoms with van der Waals surface area (Å²) in [5, 5.41) is 2.63. The van der Waals surface area contributed by atoms with Crippen LogP contribution in [-0.4, -0.2) is 0 Å². The second-order valence-corrected chi connectivity index (χ2v) is 22.6. The summed E-state index contributed by atoms with van der Waals surface area (Å²) in [5.41, 5.74) is 20.7. The second-order valence-electron chi connectivity index (χ2n) is 19.4. The minimum absolute atomic E-state index is 0.450. The smallest absolute Gasteiger partial charge is 0.0736 e. The zero-order chi connectivity index (χ0) is 47.1. The molecule has 0 N–H and O–H groups in total. The van der Waals surface area contributed by atoms with Gasteiger partial charge in [-0.05, 0) is 145 Å². The third kappa shape index (κ3) is 5.41. The van der Waals surface area contributed by atoms with Gasteiger partial charge in [-0.25, -0.2) is 0 Å². The van der Waals surface area contributed by atoms with E-state index >= 15 is 0 Å². The normalized spacial score (nSPS) is 14.5. The molecule has 2 aliphatic carbocycles. The van der Waals surface area contributed by atoms with Crippen molar-refractivity contribution in [1.29, 1.82) is 0 Å². The first-order chi connectivity index (χ1) is 35.7. The summed E-state index contributed by atoms with van der Waals surface area (Å²) in [5.74, 6) is 0. The minimum Gasteiger partial charge on any atom is -0.310 e. The van der Waals surface area contributed by atoms with Gasteiger partial charge in [-0.3, -0.25) is 0 Å². The number of rotatable bonds is 4. The van der Waals surface area contributed by atoms with E-state index in [9.17, 15) is 0 Å². The van der Waals surface area contributed by atoms with Crippen LogP contribution in [0.5, 0.6) is 0 Å². The van der Waals surface area contributed by atoms with Crippen LogP contribution < -0.4 is 4.90 Å². The predicted octanol–water partition coefficient (Wildman–Crippen LogP) is 18.8. The molecule has 2 aliphatic heterocycles. The molecular weight excluding hydrogens is 927 g/mol. The SMILES string of the molecule is c1ccc2c(c1)Sc1ccccc1C21c2ccccc2-c2cc(N(c3ccc(-c4cccc5c4sc4ccccc45)cc3)c3ccc4c(c3)C3(c5ccccc5Sc5ccccc53)c3ccccc3-4)ccc21. The van der Waals surface area contributed by atoms with Crippen LogP contribution in [0.25, 0.3) is 53.6 Å². The Hall–Kier alpha value is -7.86. The lowest BCUT2D eigenvalue weighted by Crippen LogP contribution is -2.32. The highest BCUT2D eigenvalue weighted by Crippen LogP contribution is 2.65. The first-order valence-corrected chi connectivity index (χ1v) is 27.2. The molecule has 0 radical (unpaired) electrons. The lowest BCUT2D eigenvalue weighted by atomic mass is 9.67. The number of anilines is 3. The second kappa shape index (κ2) is 15.3. The van der Waals surface area contributed by atoms with Crippen molar-refractivity contribution in [2.24, 2.45) is 0 Å². The molecule has 0 amide bonds. The van der Waals surface area contributed by atoms with Gasteiger partial charge < -0.3 is 4.90 Å². The number of benzene rings is 11. The monoisotopic (exact) mass is 967 g/mol. The van der Waals surface area contributed by atoms with Gasteiger partial charge in [0.25, 0.3) is 0 Å².